The Hall–Kier alpha value is -2.36. The molecule has 0 atom stereocenters. The molecule has 104 valence electrons. The van der Waals surface area contributed by atoms with E-state index in [1.165, 1.54) is 16.7 Å². The Balaban J connectivity index is 2.21. The van der Waals surface area contributed by atoms with E-state index in [1.54, 1.807) is 12.3 Å². The van der Waals surface area contributed by atoms with E-state index in [-0.39, 0.29) is 5.69 Å². The van der Waals surface area contributed by atoms with Crippen molar-refractivity contribution in [2.75, 3.05) is 11.9 Å². The number of hydrogen-bond acceptors (Lipinski definition) is 3. The molecular formula is C16H19N3O. The van der Waals surface area contributed by atoms with Crippen LogP contribution >= 0.6 is 0 Å². The number of primary amides is 1. The van der Waals surface area contributed by atoms with Gasteiger partial charge in [0.2, 0.25) is 0 Å². The molecule has 20 heavy (non-hydrogen) atoms. The molecule has 0 aliphatic rings. The molecule has 1 amide bonds. The summed E-state index contributed by atoms with van der Waals surface area (Å²) in [6.45, 7) is 4.97. The van der Waals surface area contributed by atoms with Gasteiger partial charge in [-0.3, -0.25) is 9.78 Å². The smallest absolute Gasteiger partial charge is 0.267 e. The number of anilines is 1. The molecule has 0 aliphatic heterocycles. The first-order valence-corrected chi connectivity index (χ1v) is 6.50. The number of benzene rings is 1. The summed E-state index contributed by atoms with van der Waals surface area (Å²) in [7, 11) is 1.99. The highest BCUT2D eigenvalue weighted by Crippen LogP contribution is 2.18. The number of pyridine rings is 1. The molecule has 2 rings (SSSR count). The number of hydrogen-bond donors (Lipinski definition) is 1. The lowest BCUT2D eigenvalue weighted by molar-refractivity contribution is 0.0995. The number of rotatable bonds is 4. The van der Waals surface area contributed by atoms with Crippen LogP contribution in [0.3, 0.4) is 0 Å². The number of amides is 1. The molecule has 0 unspecified atom stereocenters. The quantitative estimate of drug-likeness (QED) is 0.927. The normalized spacial score (nSPS) is 10.3. The van der Waals surface area contributed by atoms with E-state index in [9.17, 15) is 4.79 Å². The van der Waals surface area contributed by atoms with Gasteiger partial charge in [-0.15, -0.1) is 0 Å². The first-order valence-electron chi connectivity index (χ1n) is 6.50. The zero-order valence-corrected chi connectivity index (χ0v) is 12.1. The molecule has 0 aliphatic carbocycles. The van der Waals surface area contributed by atoms with Crippen molar-refractivity contribution in [1.82, 2.24) is 4.98 Å². The van der Waals surface area contributed by atoms with Gasteiger partial charge in [-0.25, -0.2) is 0 Å². The summed E-state index contributed by atoms with van der Waals surface area (Å²) < 4.78 is 0. The SMILES string of the molecule is Cc1ccc(CN(C)c2ccnc(C(N)=O)c2)c(C)c1. The van der Waals surface area contributed by atoms with Gasteiger partial charge in [-0.05, 0) is 37.1 Å². The van der Waals surface area contributed by atoms with E-state index >= 15 is 0 Å². The average molecular weight is 269 g/mol. The molecule has 4 nitrogen and oxygen atoms in total. The van der Waals surface area contributed by atoms with Crippen molar-refractivity contribution in [3.05, 3.63) is 58.9 Å². The van der Waals surface area contributed by atoms with Gasteiger partial charge >= 0.3 is 0 Å². The second-order valence-electron chi connectivity index (χ2n) is 5.05. The van der Waals surface area contributed by atoms with Gasteiger partial charge in [0.1, 0.15) is 5.69 Å². The average Bonchev–Trinajstić information content (AvgIpc) is 2.42. The summed E-state index contributed by atoms with van der Waals surface area (Å²) in [6, 6.07) is 10.0. The summed E-state index contributed by atoms with van der Waals surface area (Å²) in [5, 5.41) is 0. The van der Waals surface area contributed by atoms with Crippen LogP contribution in [0.1, 0.15) is 27.2 Å². The molecule has 0 bridgehead atoms. The Morgan fingerprint density at radius 2 is 2.00 bits per heavy atom. The van der Waals surface area contributed by atoms with E-state index in [0.29, 0.717) is 0 Å². The van der Waals surface area contributed by atoms with E-state index in [4.69, 9.17) is 5.73 Å². The molecule has 1 aromatic heterocycles. The van der Waals surface area contributed by atoms with Crippen LogP contribution in [0.5, 0.6) is 0 Å². The van der Waals surface area contributed by atoms with Crippen molar-refractivity contribution in [2.24, 2.45) is 5.73 Å². The molecule has 0 radical (unpaired) electrons. The Morgan fingerprint density at radius 3 is 2.65 bits per heavy atom. The van der Waals surface area contributed by atoms with Gasteiger partial charge in [0.05, 0.1) is 0 Å². The third-order valence-corrected chi connectivity index (χ3v) is 3.34. The van der Waals surface area contributed by atoms with Crippen LogP contribution in [0, 0.1) is 13.8 Å². The molecule has 0 saturated heterocycles. The van der Waals surface area contributed by atoms with Crippen LogP contribution in [0.15, 0.2) is 36.5 Å². The molecule has 4 heteroatoms. The number of nitrogens with two attached hydrogens (primary N) is 1. The zero-order valence-electron chi connectivity index (χ0n) is 12.1. The van der Waals surface area contributed by atoms with Gasteiger partial charge in [0.25, 0.3) is 5.91 Å². The fourth-order valence-electron chi connectivity index (χ4n) is 2.16. The monoisotopic (exact) mass is 269 g/mol. The van der Waals surface area contributed by atoms with Gasteiger partial charge in [-0.2, -0.15) is 0 Å². The zero-order chi connectivity index (χ0) is 14.7. The van der Waals surface area contributed by atoms with Crippen molar-refractivity contribution >= 4 is 11.6 Å². The summed E-state index contributed by atoms with van der Waals surface area (Å²) in [5.74, 6) is -0.508. The first kappa shape index (κ1) is 14.1. The number of carbonyl (C=O) groups is 1. The maximum atomic E-state index is 11.2. The van der Waals surface area contributed by atoms with Crippen molar-refractivity contribution < 1.29 is 4.79 Å². The Morgan fingerprint density at radius 1 is 1.25 bits per heavy atom. The Bertz CT molecular complexity index is 637. The molecular weight excluding hydrogens is 250 g/mol. The predicted molar refractivity (Wildman–Crippen MR) is 80.8 cm³/mol. The van der Waals surface area contributed by atoms with Crippen LogP contribution in [-0.4, -0.2) is 17.9 Å². The van der Waals surface area contributed by atoms with Crippen molar-refractivity contribution in [1.29, 1.82) is 0 Å². The molecule has 0 fully saturated rings. The first-order chi connectivity index (χ1) is 9.47. The second-order valence-corrected chi connectivity index (χ2v) is 5.05. The fourth-order valence-corrected chi connectivity index (χ4v) is 2.16. The lowest BCUT2D eigenvalue weighted by Gasteiger charge is -2.21. The third-order valence-electron chi connectivity index (χ3n) is 3.34. The lowest BCUT2D eigenvalue weighted by atomic mass is 10.1. The second kappa shape index (κ2) is 5.74. The third kappa shape index (κ3) is 3.15. The largest absolute Gasteiger partial charge is 0.370 e. The van der Waals surface area contributed by atoms with Crippen LogP contribution in [0.4, 0.5) is 5.69 Å². The van der Waals surface area contributed by atoms with Crippen LogP contribution in [0.25, 0.3) is 0 Å². The molecule has 2 aromatic rings. The van der Waals surface area contributed by atoms with E-state index in [1.807, 2.05) is 13.1 Å². The summed E-state index contributed by atoms with van der Waals surface area (Å²) in [6.07, 6.45) is 1.61. The topological polar surface area (TPSA) is 59.2 Å². The molecule has 0 saturated carbocycles. The highest BCUT2D eigenvalue weighted by atomic mass is 16.1. The lowest BCUT2D eigenvalue weighted by Crippen LogP contribution is -2.19. The minimum Gasteiger partial charge on any atom is -0.370 e. The van der Waals surface area contributed by atoms with Gasteiger partial charge < -0.3 is 10.6 Å². The van der Waals surface area contributed by atoms with Crippen molar-refractivity contribution in [3.63, 3.8) is 0 Å². The number of carbonyl (C=O) groups excluding carboxylic acids is 1. The fraction of sp³-hybridized carbons (Fsp3) is 0.250. The molecule has 0 spiro atoms. The van der Waals surface area contributed by atoms with E-state index in [0.717, 1.165) is 12.2 Å². The minimum absolute atomic E-state index is 0.287. The highest BCUT2D eigenvalue weighted by Gasteiger charge is 2.08. The van der Waals surface area contributed by atoms with Gasteiger partial charge in [-0.1, -0.05) is 23.8 Å². The van der Waals surface area contributed by atoms with Crippen LogP contribution in [-0.2, 0) is 6.54 Å². The number of aromatic nitrogens is 1. The number of nitrogens with zero attached hydrogens (tertiary/aromatic N) is 2. The maximum Gasteiger partial charge on any atom is 0.267 e. The van der Waals surface area contributed by atoms with Gasteiger partial charge in [0.15, 0.2) is 0 Å². The summed E-state index contributed by atoms with van der Waals surface area (Å²) >= 11 is 0. The Kier molecular flexibility index (Phi) is 4.03. The van der Waals surface area contributed by atoms with Crippen molar-refractivity contribution in [2.45, 2.75) is 20.4 Å². The van der Waals surface area contributed by atoms with Crippen molar-refractivity contribution in [3.8, 4) is 0 Å². The molecule has 1 heterocycles. The predicted octanol–water partition coefficient (Wildman–Crippen LogP) is 2.43. The van der Waals surface area contributed by atoms with Crippen LogP contribution in [0.2, 0.25) is 0 Å². The standard InChI is InChI=1S/C16H19N3O/c1-11-4-5-13(12(2)8-11)10-19(3)14-6-7-18-15(9-14)16(17)20/h4-9H,10H2,1-3H3,(H2,17,20). The summed E-state index contributed by atoms with van der Waals surface area (Å²) in [4.78, 5) is 17.2. The minimum atomic E-state index is -0.508. The number of aryl methyl sites for hydroxylation is 2. The van der Waals surface area contributed by atoms with E-state index < -0.39 is 5.91 Å². The maximum absolute atomic E-state index is 11.2. The van der Waals surface area contributed by atoms with Crippen LogP contribution < -0.4 is 10.6 Å². The Labute approximate surface area is 119 Å². The summed E-state index contributed by atoms with van der Waals surface area (Å²) in [5.41, 5.74) is 10.3. The highest BCUT2D eigenvalue weighted by molar-refractivity contribution is 5.91. The molecule has 2 N–H and O–H groups in total. The molecule has 1 aromatic carbocycles. The van der Waals surface area contributed by atoms with E-state index in [2.05, 4.69) is 41.9 Å². The van der Waals surface area contributed by atoms with Gasteiger partial charge in [0, 0.05) is 25.5 Å².